The van der Waals surface area contributed by atoms with Crippen LogP contribution in [0.15, 0.2) is 24.5 Å². The molecule has 0 aromatic carbocycles. The molecule has 0 N–H and O–H groups in total. The molecule has 0 aliphatic carbocycles. The fraction of sp³-hybridized carbons (Fsp3) is 0.450. The van der Waals surface area contributed by atoms with Crippen LogP contribution in [0, 0.1) is 5.82 Å². The zero-order valence-corrected chi connectivity index (χ0v) is 20.6. The molecule has 31 heavy (non-hydrogen) atoms. The summed E-state index contributed by atoms with van der Waals surface area (Å²) in [6.45, 7) is 13.1. The Hall–Kier alpha value is -2.28. The van der Waals surface area contributed by atoms with Crippen molar-refractivity contribution in [1.29, 1.82) is 0 Å². The molecule has 0 saturated carbocycles. The monoisotopic (exact) mass is 470 g/mol. The van der Waals surface area contributed by atoms with Crippen LogP contribution >= 0.6 is 0 Å². The van der Waals surface area contributed by atoms with Crippen LogP contribution in [0.1, 0.15) is 6.92 Å². The third kappa shape index (κ3) is 4.66. The summed E-state index contributed by atoms with van der Waals surface area (Å²) in [7, 11) is -4.20. The third-order valence-corrected chi connectivity index (χ3v) is 8.85. The van der Waals surface area contributed by atoms with E-state index in [0.29, 0.717) is 10.8 Å². The first-order valence-electron chi connectivity index (χ1n) is 9.88. The smallest absolute Gasteiger partial charge is 0.425 e. The molecule has 5 nitrogen and oxygen atoms in total. The summed E-state index contributed by atoms with van der Waals surface area (Å²) in [4.78, 5) is 3.94. The van der Waals surface area contributed by atoms with Gasteiger partial charge < -0.3 is 4.74 Å². The summed E-state index contributed by atoms with van der Waals surface area (Å²) in [5.41, 5.74) is 2.07. The summed E-state index contributed by atoms with van der Waals surface area (Å²) in [5.74, 6) is -1.45. The van der Waals surface area contributed by atoms with Gasteiger partial charge in [-0.3, -0.25) is 0 Å². The van der Waals surface area contributed by atoms with Gasteiger partial charge in [0, 0.05) is 17.1 Å². The molecule has 0 aliphatic rings. The molecule has 0 saturated heterocycles. The highest BCUT2D eigenvalue weighted by Crippen LogP contribution is 2.29. The van der Waals surface area contributed by atoms with Crippen LogP contribution < -0.4 is 15.2 Å². The fourth-order valence-electron chi connectivity index (χ4n) is 3.37. The van der Waals surface area contributed by atoms with E-state index in [0.717, 1.165) is 23.3 Å². The molecule has 3 aromatic heterocycles. The lowest BCUT2D eigenvalue weighted by Gasteiger charge is -2.25. The molecule has 0 radical (unpaired) electrons. The lowest BCUT2D eigenvalue weighted by atomic mass is 10.1. The SMILES string of the molecule is CC(Oc1ncc(-c2cc([Si](C)(C)C)n3nncc3c2)c([Si](C)(C)C)c1F)C(F)(F)F. The highest BCUT2D eigenvalue weighted by molar-refractivity contribution is 6.90. The van der Waals surface area contributed by atoms with E-state index in [-0.39, 0.29) is 0 Å². The minimum Gasteiger partial charge on any atom is -0.463 e. The van der Waals surface area contributed by atoms with Gasteiger partial charge in [-0.25, -0.2) is 13.9 Å². The van der Waals surface area contributed by atoms with E-state index < -0.39 is 40.1 Å². The van der Waals surface area contributed by atoms with E-state index in [4.69, 9.17) is 4.74 Å². The minimum atomic E-state index is -4.61. The van der Waals surface area contributed by atoms with Crippen molar-refractivity contribution in [2.75, 3.05) is 0 Å². The van der Waals surface area contributed by atoms with Crippen molar-refractivity contribution in [3.63, 3.8) is 0 Å². The summed E-state index contributed by atoms with van der Waals surface area (Å²) < 4.78 is 61.0. The lowest BCUT2D eigenvalue weighted by molar-refractivity contribution is -0.190. The number of pyridine rings is 2. The number of nitrogens with zero attached hydrogens (tertiary/aromatic N) is 4. The highest BCUT2D eigenvalue weighted by atomic mass is 28.3. The minimum absolute atomic E-state index is 0.380. The molecule has 0 fully saturated rings. The number of alkyl halides is 3. The van der Waals surface area contributed by atoms with Crippen molar-refractivity contribution in [3.05, 3.63) is 30.3 Å². The van der Waals surface area contributed by atoms with Gasteiger partial charge in [0.05, 0.1) is 19.8 Å². The van der Waals surface area contributed by atoms with Gasteiger partial charge in [0.15, 0.2) is 11.9 Å². The van der Waals surface area contributed by atoms with Crippen LogP contribution in [-0.4, -0.2) is 48.2 Å². The molecular weight excluding hydrogens is 444 g/mol. The van der Waals surface area contributed by atoms with E-state index in [9.17, 15) is 13.2 Å². The van der Waals surface area contributed by atoms with Gasteiger partial charge in [-0.2, -0.15) is 13.2 Å². The van der Waals surface area contributed by atoms with Crippen LogP contribution in [-0.2, 0) is 0 Å². The number of hydrogen-bond donors (Lipinski definition) is 0. The summed E-state index contributed by atoms with van der Waals surface area (Å²) in [6.07, 6.45) is -3.73. The molecule has 0 spiro atoms. The molecule has 3 rings (SSSR count). The van der Waals surface area contributed by atoms with Gasteiger partial charge in [0.1, 0.15) is 8.07 Å². The van der Waals surface area contributed by atoms with Crippen LogP contribution in [0.2, 0.25) is 39.3 Å². The number of ether oxygens (including phenoxy) is 1. The zero-order valence-electron chi connectivity index (χ0n) is 18.6. The van der Waals surface area contributed by atoms with E-state index in [2.05, 4.69) is 34.9 Å². The molecular formula is C20H26F4N4OSi2. The van der Waals surface area contributed by atoms with Crippen molar-refractivity contribution >= 4 is 32.2 Å². The van der Waals surface area contributed by atoms with Crippen molar-refractivity contribution in [1.82, 2.24) is 19.8 Å². The molecule has 1 atom stereocenters. The lowest BCUT2D eigenvalue weighted by Crippen LogP contribution is -2.44. The molecule has 3 aromatic rings. The van der Waals surface area contributed by atoms with E-state index in [1.165, 1.54) is 6.20 Å². The second-order valence-corrected chi connectivity index (χ2v) is 19.7. The Kier molecular flexibility index (Phi) is 5.81. The summed E-state index contributed by atoms with van der Waals surface area (Å²) >= 11 is 0. The van der Waals surface area contributed by atoms with E-state index in [1.807, 2.05) is 31.8 Å². The first kappa shape index (κ1) is 23.4. The van der Waals surface area contributed by atoms with Crippen LogP contribution in [0.4, 0.5) is 17.6 Å². The highest BCUT2D eigenvalue weighted by Gasteiger charge is 2.39. The van der Waals surface area contributed by atoms with Gasteiger partial charge in [-0.15, -0.1) is 5.10 Å². The second-order valence-electron chi connectivity index (χ2n) is 9.67. The number of rotatable bonds is 5. The number of aromatic nitrogens is 4. The molecule has 3 heterocycles. The van der Waals surface area contributed by atoms with Gasteiger partial charge >= 0.3 is 6.18 Å². The molecule has 0 bridgehead atoms. The topological polar surface area (TPSA) is 52.3 Å². The maximum Gasteiger partial charge on any atom is 0.425 e. The largest absolute Gasteiger partial charge is 0.463 e. The average Bonchev–Trinajstić information content (AvgIpc) is 3.07. The van der Waals surface area contributed by atoms with Crippen molar-refractivity contribution in [3.8, 4) is 17.0 Å². The predicted molar refractivity (Wildman–Crippen MR) is 118 cm³/mol. The first-order chi connectivity index (χ1) is 14.1. The Morgan fingerprint density at radius 2 is 1.65 bits per heavy atom. The first-order valence-corrected chi connectivity index (χ1v) is 16.9. The molecule has 168 valence electrons. The Labute approximate surface area is 180 Å². The summed E-state index contributed by atoms with van der Waals surface area (Å²) in [5, 5.41) is 9.55. The average molecular weight is 471 g/mol. The number of fused-ring (bicyclic) bond motifs is 1. The molecule has 1 unspecified atom stereocenters. The number of hydrogen-bond acceptors (Lipinski definition) is 4. The van der Waals surface area contributed by atoms with Gasteiger partial charge in [-0.05, 0) is 29.8 Å². The third-order valence-electron chi connectivity index (χ3n) is 4.97. The van der Waals surface area contributed by atoms with Gasteiger partial charge in [0.25, 0.3) is 5.88 Å². The normalized spacial score (nSPS) is 14.2. The second kappa shape index (κ2) is 7.70. The fourth-order valence-corrected chi connectivity index (χ4v) is 6.55. The molecule has 0 amide bonds. The van der Waals surface area contributed by atoms with Crippen molar-refractivity contribution < 1.29 is 22.3 Å². The van der Waals surface area contributed by atoms with Crippen LogP contribution in [0.3, 0.4) is 0 Å². The van der Waals surface area contributed by atoms with Gasteiger partial charge in [-0.1, -0.05) is 44.5 Å². The standard InChI is InChI=1S/C20H26F4N4OSi2/c1-12(20(22,23)24)29-19-17(21)18(31(5,6)7)15(11-25-19)13-8-14-10-26-27-28(14)16(9-13)30(2,3)4/h8-12H,1-7H3. The quantitative estimate of drug-likeness (QED) is 0.411. The Bertz CT molecular complexity index is 1120. The number of halogens is 4. The molecule has 11 heteroatoms. The zero-order chi connectivity index (χ0) is 23.4. The predicted octanol–water partition coefficient (Wildman–Crippen LogP) is 4.35. The Morgan fingerprint density at radius 3 is 2.19 bits per heavy atom. The van der Waals surface area contributed by atoms with Crippen LogP contribution in [0.5, 0.6) is 5.88 Å². The van der Waals surface area contributed by atoms with Crippen molar-refractivity contribution in [2.45, 2.75) is 58.5 Å². The summed E-state index contributed by atoms with van der Waals surface area (Å²) in [6, 6.07) is 3.81. The van der Waals surface area contributed by atoms with Crippen LogP contribution in [0.25, 0.3) is 16.6 Å². The maximum atomic E-state index is 15.5. The van der Waals surface area contributed by atoms with Crippen molar-refractivity contribution in [2.24, 2.45) is 0 Å². The van der Waals surface area contributed by atoms with E-state index in [1.54, 1.807) is 10.7 Å². The molecule has 0 aliphatic heterocycles. The van der Waals surface area contributed by atoms with Gasteiger partial charge in [0.2, 0.25) is 0 Å². The Balaban J connectivity index is 2.24. The van der Waals surface area contributed by atoms with E-state index >= 15 is 4.39 Å². The Morgan fingerprint density at radius 1 is 1.00 bits per heavy atom. The maximum absolute atomic E-state index is 15.5.